The van der Waals surface area contributed by atoms with Crippen LogP contribution in [0, 0.1) is 22.7 Å². The molecule has 4 N–H and O–H groups in total. The van der Waals surface area contributed by atoms with Gasteiger partial charge in [0.2, 0.25) is 0 Å². The average molecular weight is 671 g/mol. The second-order valence-corrected chi connectivity index (χ2v) is 14.2. The van der Waals surface area contributed by atoms with Gasteiger partial charge in [0.1, 0.15) is 17.8 Å². The molecular weight excluding hydrogens is 608 g/mol. The minimum Gasteiger partial charge on any atom is -0.393 e. The summed E-state index contributed by atoms with van der Waals surface area (Å²) in [6, 6.07) is 3.66. The van der Waals surface area contributed by atoms with Gasteiger partial charge in [0.25, 0.3) is 5.56 Å². The van der Waals surface area contributed by atoms with E-state index in [4.69, 9.17) is 20.0 Å². The van der Waals surface area contributed by atoms with Crippen LogP contribution in [0.15, 0.2) is 4.79 Å². The number of nitrogens with zero attached hydrogens (tertiary/aromatic N) is 3. The van der Waals surface area contributed by atoms with Crippen molar-refractivity contribution in [1.29, 1.82) is 10.5 Å². The van der Waals surface area contributed by atoms with Gasteiger partial charge in [0, 0.05) is 0 Å². The van der Waals surface area contributed by atoms with Crippen molar-refractivity contribution in [3.8, 4) is 12.1 Å². The summed E-state index contributed by atoms with van der Waals surface area (Å²) in [7, 11) is 0. The summed E-state index contributed by atoms with van der Waals surface area (Å²) in [5.74, 6) is 0. The highest BCUT2D eigenvalue weighted by molar-refractivity contribution is 5.35. The molecule has 10 heteroatoms. The molecule has 270 valence electrons. The van der Waals surface area contributed by atoms with E-state index in [0.29, 0.717) is 18.5 Å². The number of aromatic amines is 1. The normalized spacial score (nSPS) is 22.7. The van der Waals surface area contributed by atoms with Crippen molar-refractivity contribution in [3.63, 3.8) is 0 Å². The monoisotopic (exact) mass is 670 g/mol. The van der Waals surface area contributed by atoms with Crippen LogP contribution in [0.4, 0.5) is 0 Å². The molecule has 1 aromatic heterocycles. The number of aryl methyl sites for hydroxylation is 1. The molecular formula is C38H62N4O6. The van der Waals surface area contributed by atoms with Crippen molar-refractivity contribution < 1.29 is 24.8 Å². The second-order valence-electron chi connectivity index (χ2n) is 14.2. The van der Waals surface area contributed by atoms with Crippen molar-refractivity contribution in [3.05, 3.63) is 27.4 Å². The van der Waals surface area contributed by atoms with Gasteiger partial charge in [0.05, 0.1) is 42.7 Å². The number of rotatable bonds is 25. The van der Waals surface area contributed by atoms with E-state index in [1.165, 1.54) is 44.9 Å². The van der Waals surface area contributed by atoms with Crippen LogP contribution in [-0.4, -0.2) is 68.0 Å². The number of aromatic nitrogens is 2. The zero-order valence-corrected chi connectivity index (χ0v) is 29.4. The van der Waals surface area contributed by atoms with E-state index in [2.05, 4.69) is 16.9 Å². The lowest BCUT2D eigenvalue weighted by molar-refractivity contribution is -0.110. The van der Waals surface area contributed by atoms with Crippen LogP contribution in [0.1, 0.15) is 172 Å². The molecule has 0 amide bonds. The molecule has 0 bridgehead atoms. The van der Waals surface area contributed by atoms with Crippen molar-refractivity contribution in [1.82, 2.24) is 9.97 Å². The molecule has 1 aromatic rings. The Labute approximate surface area is 288 Å². The maximum absolute atomic E-state index is 12.0. The van der Waals surface area contributed by atoms with E-state index in [1.807, 2.05) is 6.07 Å². The van der Waals surface area contributed by atoms with Crippen LogP contribution < -0.4 is 5.56 Å². The largest absolute Gasteiger partial charge is 0.393 e. The first-order valence-electron chi connectivity index (χ1n) is 19.1. The minimum absolute atomic E-state index is 0.00138. The first-order chi connectivity index (χ1) is 23.4. The van der Waals surface area contributed by atoms with Crippen LogP contribution in [0.3, 0.4) is 0 Å². The van der Waals surface area contributed by atoms with Gasteiger partial charge >= 0.3 is 0 Å². The molecule has 0 radical (unpaired) electrons. The lowest BCUT2D eigenvalue weighted by Gasteiger charge is -2.24. The topological polar surface area (TPSA) is 172 Å². The molecule has 0 spiro atoms. The summed E-state index contributed by atoms with van der Waals surface area (Å²) in [6.07, 6.45) is 22.0. The zero-order valence-electron chi connectivity index (χ0n) is 29.4. The van der Waals surface area contributed by atoms with E-state index in [1.54, 1.807) is 6.07 Å². The summed E-state index contributed by atoms with van der Waals surface area (Å²) < 4.78 is 12.5. The van der Waals surface area contributed by atoms with Gasteiger partial charge in [-0.2, -0.15) is 10.5 Å². The number of ether oxygens (including phenoxy) is 2. The molecule has 3 heterocycles. The third-order valence-electron chi connectivity index (χ3n) is 10.2. The van der Waals surface area contributed by atoms with E-state index in [9.17, 15) is 20.1 Å². The Kier molecular flexibility index (Phi) is 19.3. The first-order valence-corrected chi connectivity index (χ1v) is 19.1. The standard InChI is InChI=1S/C38H62N4O6/c1-2-3-4-13-17-28(43)18-16-21-33(45)35-23-25-37(48-35)36-24-22-34(47-36)32(44)20-15-12-10-8-6-5-7-9-11-14-19-29-38(46)42-31(27-40)30(26-39)41-29/h28,32-37,43-45H,2-25H2,1H3,(H,42,46)/t28-,32+,33-,34+,35+,36+,37+/m0/s1. The molecule has 2 fully saturated rings. The minimum atomic E-state index is -0.498. The molecule has 2 aliphatic rings. The third-order valence-corrected chi connectivity index (χ3v) is 10.2. The Morgan fingerprint density at radius 3 is 1.77 bits per heavy atom. The van der Waals surface area contributed by atoms with Gasteiger partial charge in [-0.25, -0.2) is 4.98 Å². The molecule has 0 saturated carbocycles. The van der Waals surface area contributed by atoms with E-state index < -0.39 is 12.2 Å². The quantitative estimate of drug-likeness (QED) is 0.0829. The molecule has 0 aliphatic carbocycles. The third kappa shape index (κ3) is 14.3. The van der Waals surface area contributed by atoms with Crippen LogP contribution >= 0.6 is 0 Å². The lowest BCUT2D eigenvalue weighted by Crippen LogP contribution is -2.33. The Bertz CT molecular complexity index is 1180. The van der Waals surface area contributed by atoms with E-state index >= 15 is 0 Å². The summed E-state index contributed by atoms with van der Waals surface area (Å²) in [6.45, 7) is 2.19. The van der Waals surface area contributed by atoms with E-state index in [0.717, 1.165) is 96.3 Å². The van der Waals surface area contributed by atoms with Gasteiger partial charge < -0.3 is 29.8 Å². The highest BCUT2D eigenvalue weighted by Gasteiger charge is 2.40. The molecule has 2 aliphatic heterocycles. The first kappa shape index (κ1) is 40.1. The Hall–Kier alpha value is -2.34. The molecule has 7 atom stereocenters. The zero-order chi connectivity index (χ0) is 34.6. The number of hydrogen-bond donors (Lipinski definition) is 4. The van der Waals surface area contributed by atoms with Gasteiger partial charge in [-0.05, 0) is 70.6 Å². The maximum Gasteiger partial charge on any atom is 0.270 e. The van der Waals surface area contributed by atoms with Crippen molar-refractivity contribution in [2.45, 2.75) is 204 Å². The highest BCUT2D eigenvalue weighted by atomic mass is 16.6. The predicted molar refractivity (Wildman–Crippen MR) is 185 cm³/mol. The smallest absolute Gasteiger partial charge is 0.270 e. The van der Waals surface area contributed by atoms with E-state index in [-0.39, 0.29) is 47.5 Å². The van der Waals surface area contributed by atoms with Gasteiger partial charge in [-0.15, -0.1) is 0 Å². The number of nitrogens with one attached hydrogen (secondary N) is 1. The highest BCUT2D eigenvalue weighted by Crippen LogP contribution is 2.34. The molecule has 2 saturated heterocycles. The Morgan fingerprint density at radius 2 is 1.21 bits per heavy atom. The fourth-order valence-electron chi connectivity index (χ4n) is 7.25. The summed E-state index contributed by atoms with van der Waals surface area (Å²) in [5, 5.41) is 49.7. The number of aliphatic hydroxyl groups is 3. The fourth-order valence-corrected chi connectivity index (χ4v) is 7.25. The van der Waals surface area contributed by atoms with Crippen LogP contribution in [-0.2, 0) is 15.9 Å². The molecule has 0 aromatic carbocycles. The fraction of sp³-hybridized carbons (Fsp3) is 0.842. The molecule has 0 unspecified atom stereocenters. The summed E-state index contributed by atoms with van der Waals surface area (Å²) >= 11 is 0. The molecule has 3 rings (SSSR count). The Morgan fingerprint density at radius 1 is 0.708 bits per heavy atom. The molecule has 48 heavy (non-hydrogen) atoms. The lowest BCUT2D eigenvalue weighted by atomic mass is 9.99. The van der Waals surface area contributed by atoms with Crippen molar-refractivity contribution >= 4 is 0 Å². The van der Waals surface area contributed by atoms with Crippen LogP contribution in [0.2, 0.25) is 0 Å². The average Bonchev–Trinajstić information content (AvgIpc) is 3.78. The SMILES string of the molecule is CCCCCC[C@H](O)CCC[C@H](O)[C@H]1CC[C@H]([C@H]2CC[C@H]([C@H](O)CCCCCCCCCCCCc3nc(C#N)c(C#N)[nH]c3=O)O2)O1. The van der Waals surface area contributed by atoms with Gasteiger partial charge in [-0.3, -0.25) is 4.79 Å². The number of H-pyrrole nitrogens is 1. The maximum atomic E-state index is 12.0. The van der Waals surface area contributed by atoms with Crippen LogP contribution in [0.5, 0.6) is 0 Å². The number of unbranched alkanes of at least 4 members (excludes halogenated alkanes) is 12. The summed E-state index contributed by atoms with van der Waals surface area (Å²) in [4.78, 5) is 18.5. The van der Waals surface area contributed by atoms with Crippen LogP contribution in [0.25, 0.3) is 0 Å². The number of hydrogen-bond acceptors (Lipinski definition) is 9. The second kappa shape index (κ2) is 23.1. The predicted octanol–water partition coefficient (Wildman–Crippen LogP) is 6.67. The number of aliphatic hydroxyl groups excluding tert-OH is 3. The van der Waals surface area contributed by atoms with Gasteiger partial charge in [0.15, 0.2) is 11.4 Å². The van der Waals surface area contributed by atoms with Crippen molar-refractivity contribution in [2.75, 3.05) is 0 Å². The van der Waals surface area contributed by atoms with Crippen molar-refractivity contribution in [2.24, 2.45) is 0 Å². The van der Waals surface area contributed by atoms with Gasteiger partial charge in [-0.1, -0.05) is 90.4 Å². The Balaban J connectivity index is 1.15. The molecule has 10 nitrogen and oxygen atoms in total. The summed E-state index contributed by atoms with van der Waals surface area (Å²) in [5.41, 5.74) is -0.145. The number of nitriles is 2.